The Morgan fingerprint density at radius 1 is 1.38 bits per heavy atom. The number of hydrogen-bond donors (Lipinski definition) is 0. The molecule has 2 rings (SSSR count). The zero-order valence-corrected chi connectivity index (χ0v) is 9.35. The maximum Gasteiger partial charge on any atom is 0.0446 e. The number of hydrogen-bond acceptors (Lipinski definition) is 1. The Hall–Kier alpha value is -0.300. The average Bonchev–Trinajstić information content (AvgIpc) is 2.40. The van der Waals surface area contributed by atoms with Crippen LogP contribution in [0.3, 0.4) is 0 Å². The van der Waals surface area contributed by atoms with Crippen molar-refractivity contribution in [2.24, 2.45) is 5.41 Å². The van der Waals surface area contributed by atoms with E-state index in [9.17, 15) is 0 Å². The predicted molar refractivity (Wildman–Crippen MR) is 56.8 cm³/mol. The molecule has 0 bridgehead atoms. The fraction of sp³-hybridized carbons (Fsp3) is 0.833. The molecular formula is C12H21N. The smallest absolute Gasteiger partial charge is 0.0446 e. The van der Waals surface area contributed by atoms with Gasteiger partial charge in [-0.05, 0) is 31.7 Å². The molecule has 2 aliphatic heterocycles. The van der Waals surface area contributed by atoms with Gasteiger partial charge in [-0.15, -0.1) is 0 Å². The van der Waals surface area contributed by atoms with Crippen LogP contribution in [-0.2, 0) is 0 Å². The Bertz CT molecular complexity index is 246. The van der Waals surface area contributed by atoms with Gasteiger partial charge in [0.2, 0.25) is 0 Å². The second-order valence-electron chi connectivity index (χ2n) is 5.69. The van der Waals surface area contributed by atoms with Crippen molar-refractivity contribution >= 4 is 0 Å². The third-order valence-electron chi connectivity index (χ3n) is 3.77. The molecule has 1 unspecified atom stereocenters. The molecule has 1 fully saturated rings. The van der Waals surface area contributed by atoms with Crippen molar-refractivity contribution in [2.75, 3.05) is 13.1 Å². The van der Waals surface area contributed by atoms with Gasteiger partial charge in [0.25, 0.3) is 0 Å². The molecule has 1 nitrogen and oxygen atoms in total. The predicted octanol–water partition coefficient (Wildman–Crippen LogP) is 2.83. The van der Waals surface area contributed by atoms with Crippen LogP contribution in [0.5, 0.6) is 0 Å². The van der Waals surface area contributed by atoms with Gasteiger partial charge in [0.05, 0.1) is 0 Å². The Morgan fingerprint density at radius 3 is 2.62 bits per heavy atom. The van der Waals surface area contributed by atoms with E-state index in [2.05, 4.69) is 38.7 Å². The fourth-order valence-corrected chi connectivity index (χ4v) is 3.10. The molecule has 1 heteroatoms. The summed E-state index contributed by atoms with van der Waals surface area (Å²) in [4.78, 5) is 2.67. The molecule has 0 N–H and O–H groups in total. The summed E-state index contributed by atoms with van der Waals surface area (Å²) in [5.74, 6) is 0. The summed E-state index contributed by atoms with van der Waals surface area (Å²) in [5.41, 5.74) is 2.34. The zero-order valence-electron chi connectivity index (χ0n) is 9.35. The van der Waals surface area contributed by atoms with Crippen molar-refractivity contribution in [3.8, 4) is 0 Å². The lowest BCUT2D eigenvalue weighted by Gasteiger charge is -2.43. The monoisotopic (exact) mass is 179 g/mol. The molecule has 2 aliphatic rings. The van der Waals surface area contributed by atoms with Crippen LogP contribution >= 0.6 is 0 Å². The first-order chi connectivity index (χ1) is 5.96. The van der Waals surface area contributed by atoms with Gasteiger partial charge in [-0.1, -0.05) is 32.4 Å². The van der Waals surface area contributed by atoms with E-state index < -0.39 is 0 Å². The molecule has 0 radical (unpaired) electrons. The average molecular weight is 179 g/mol. The van der Waals surface area contributed by atoms with Gasteiger partial charge in [-0.2, -0.15) is 0 Å². The first kappa shape index (κ1) is 9.26. The molecule has 2 heterocycles. The Morgan fingerprint density at radius 2 is 2.08 bits per heavy atom. The number of nitrogens with zero attached hydrogens (tertiary/aromatic N) is 1. The minimum Gasteiger partial charge on any atom is -0.290 e. The minimum atomic E-state index is 0.386. The van der Waals surface area contributed by atoms with E-state index in [4.69, 9.17) is 0 Å². The molecule has 0 aromatic heterocycles. The molecular weight excluding hydrogens is 158 g/mol. The highest BCUT2D eigenvalue weighted by atomic mass is 15.2. The molecule has 0 aromatic carbocycles. The van der Waals surface area contributed by atoms with Crippen LogP contribution in [0.15, 0.2) is 11.6 Å². The highest BCUT2D eigenvalue weighted by Gasteiger charge is 2.50. The Kier molecular flexibility index (Phi) is 1.85. The van der Waals surface area contributed by atoms with E-state index in [0.717, 1.165) is 0 Å². The van der Waals surface area contributed by atoms with Crippen molar-refractivity contribution in [2.45, 2.75) is 46.1 Å². The zero-order chi connectivity index (χ0) is 9.69. The second-order valence-corrected chi connectivity index (χ2v) is 5.69. The van der Waals surface area contributed by atoms with Crippen molar-refractivity contribution < 1.29 is 0 Å². The van der Waals surface area contributed by atoms with Gasteiger partial charge < -0.3 is 0 Å². The summed E-state index contributed by atoms with van der Waals surface area (Å²) in [5, 5.41) is 0. The van der Waals surface area contributed by atoms with Crippen LogP contribution in [0, 0.1) is 5.41 Å². The number of fused-ring (bicyclic) bond motifs is 1. The molecule has 0 amide bonds. The number of rotatable bonds is 0. The van der Waals surface area contributed by atoms with Gasteiger partial charge in [-0.25, -0.2) is 0 Å². The quantitative estimate of drug-likeness (QED) is 0.517. The molecule has 1 atom stereocenters. The molecule has 0 aromatic rings. The van der Waals surface area contributed by atoms with Crippen LogP contribution in [0.25, 0.3) is 0 Å². The van der Waals surface area contributed by atoms with Crippen molar-refractivity contribution in [3.05, 3.63) is 11.6 Å². The summed E-state index contributed by atoms with van der Waals surface area (Å²) in [7, 11) is 0. The van der Waals surface area contributed by atoms with E-state index in [0.29, 0.717) is 11.0 Å². The highest BCUT2D eigenvalue weighted by molar-refractivity contribution is 5.27. The third-order valence-corrected chi connectivity index (χ3v) is 3.77. The van der Waals surface area contributed by atoms with Crippen molar-refractivity contribution in [1.82, 2.24) is 4.90 Å². The van der Waals surface area contributed by atoms with E-state index >= 15 is 0 Å². The highest BCUT2D eigenvalue weighted by Crippen LogP contribution is 2.48. The summed E-state index contributed by atoms with van der Waals surface area (Å²) in [6.45, 7) is 11.9. The van der Waals surface area contributed by atoms with E-state index in [1.165, 1.54) is 25.9 Å². The Balaban J connectivity index is 2.38. The first-order valence-electron chi connectivity index (χ1n) is 5.39. The van der Waals surface area contributed by atoms with E-state index in [-0.39, 0.29) is 0 Å². The van der Waals surface area contributed by atoms with Gasteiger partial charge >= 0.3 is 0 Å². The van der Waals surface area contributed by atoms with Crippen LogP contribution < -0.4 is 0 Å². The molecule has 13 heavy (non-hydrogen) atoms. The van der Waals surface area contributed by atoms with Crippen LogP contribution in [0.1, 0.15) is 40.5 Å². The Labute approximate surface area is 81.8 Å². The van der Waals surface area contributed by atoms with Gasteiger partial charge in [0.15, 0.2) is 0 Å². The lowest BCUT2D eigenvalue weighted by atomic mass is 9.72. The lowest BCUT2D eigenvalue weighted by Crippen LogP contribution is -2.48. The maximum atomic E-state index is 2.67. The van der Waals surface area contributed by atoms with Crippen molar-refractivity contribution in [1.29, 1.82) is 0 Å². The largest absolute Gasteiger partial charge is 0.290 e. The summed E-state index contributed by atoms with van der Waals surface area (Å²) >= 11 is 0. The SMILES string of the molecule is CC1=CC2(C(C)(C)C)CCCN2C1. The van der Waals surface area contributed by atoms with Crippen molar-refractivity contribution in [3.63, 3.8) is 0 Å². The molecule has 0 aliphatic carbocycles. The summed E-state index contributed by atoms with van der Waals surface area (Å²) in [6.07, 6.45) is 5.26. The minimum absolute atomic E-state index is 0.386. The molecule has 0 spiro atoms. The van der Waals surface area contributed by atoms with Crippen LogP contribution in [-0.4, -0.2) is 23.5 Å². The fourth-order valence-electron chi connectivity index (χ4n) is 3.10. The van der Waals surface area contributed by atoms with Gasteiger partial charge in [0, 0.05) is 12.1 Å². The maximum absolute atomic E-state index is 2.67. The summed E-state index contributed by atoms with van der Waals surface area (Å²) < 4.78 is 0. The summed E-state index contributed by atoms with van der Waals surface area (Å²) in [6, 6.07) is 0. The molecule has 74 valence electrons. The van der Waals surface area contributed by atoms with Crippen LogP contribution in [0.2, 0.25) is 0 Å². The van der Waals surface area contributed by atoms with Crippen LogP contribution in [0.4, 0.5) is 0 Å². The second kappa shape index (κ2) is 2.60. The normalized spacial score (nSPS) is 34.9. The lowest BCUT2D eigenvalue weighted by molar-refractivity contribution is 0.0940. The van der Waals surface area contributed by atoms with E-state index in [1.54, 1.807) is 5.57 Å². The molecule has 0 saturated carbocycles. The van der Waals surface area contributed by atoms with Gasteiger partial charge in [-0.3, -0.25) is 4.90 Å². The molecule has 1 saturated heterocycles. The topological polar surface area (TPSA) is 3.24 Å². The van der Waals surface area contributed by atoms with E-state index in [1.807, 2.05) is 0 Å². The third kappa shape index (κ3) is 1.17. The first-order valence-corrected chi connectivity index (χ1v) is 5.39. The standard InChI is InChI=1S/C12H21N/c1-10-8-12(11(2,3)4)6-5-7-13(12)9-10/h8H,5-7,9H2,1-4H3. The van der Waals surface area contributed by atoms with Gasteiger partial charge in [0.1, 0.15) is 0 Å².